The highest BCUT2D eigenvalue weighted by Crippen LogP contribution is 2.28. The summed E-state index contributed by atoms with van der Waals surface area (Å²) in [6, 6.07) is 16.1. The van der Waals surface area contributed by atoms with Crippen molar-refractivity contribution in [2.24, 2.45) is 0 Å². The predicted octanol–water partition coefficient (Wildman–Crippen LogP) is 3.96. The number of benzene rings is 2. The Labute approximate surface area is 143 Å². The van der Waals surface area contributed by atoms with E-state index in [-0.39, 0.29) is 12.1 Å². The Kier molecular flexibility index (Phi) is 5.36. The van der Waals surface area contributed by atoms with Crippen molar-refractivity contribution in [2.45, 2.75) is 38.3 Å². The summed E-state index contributed by atoms with van der Waals surface area (Å²) in [4.78, 5) is 12.3. The van der Waals surface area contributed by atoms with Crippen LogP contribution in [0.1, 0.15) is 42.0 Å². The van der Waals surface area contributed by atoms with Gasteiger partial charge < -0.3 is 15.4 Å². The van der Waals surface area contributed by atoms with Gasteiger partial charge in [-0.1, -0.05) is 48.9 Å². The second-order valence-electron chi connectivity index (χ2n) is 6.14. The zero-order chi connectivity index (χ0) is 16.8. The van der Waals surface area contributed by atoms with Crippen LogP contribution in [0.2, 0.25) is 0 Å². The van der Waals surface area contributed by atoms with Gasteiger partial charge in [-0.3, -0.25) is 0 Å². The van der Waals surface area contributed by atoms with Gasteiger partial charge in [0.25, 0.3) is 0 Å². The van der Waals surface area contributed by atoms with Crippen LogP contribution >= 0.6 is 0 Å². The molecule has 0 spiro atoms. The van der Waals surface area contributed by atoms with Crippen molar-refractivity contribution in [3.05, 3.63) is 65.2 Å². The van der Waals surface area contributed by atoms with E-state index in [4.69, 9.17) is 4.74 Å². The first-order valence-corrected chi connectivity index (χ1v) is 8.52. The molecule has 0 bridgehead atoms. The molecule has 1 unspecified atom stereocenters. The molecule has 0 aliphatic heterocycles. The maximum absolute atomic E-state index is 12.3. The molecule has 0 saturated carbocycles. The van der Waals surface area contributed by atoms with Crippen LogP contribution in [0.15, 0.2) is 48.5 Å². The van der Waals surface area contributed by atoms with E-state index in [1.54, 1.807) is 7.11 Å². The summed E-state index contributed by atoms with van der Waals surface area (Å²) in [5.41, 5.74) is 3.57. The second-order valence-corrected chi connectivity index (χ2v) is 6.14. The number of amides is 2. The summed E-state index contributed by atoms with van der Waals surface area (Å²) in [6.45, 7) is 0.449. The lowest BCUT2D eigenvalue weighted by atomic mass is 9.99. The number of nitrogens with one attached hydrogen (secondary N) is 2. The summed E-state index contributed by atoms with van der Waals surface area (Å²) in [5, 5.41) is 6.07. The van der Waals surface area contributed by atoms with Crippen LogP contribution in [0.25, 0.3) is 0 Å². The van der Waals surface area contributed by atoms with Crippen molar-refractivity contribution >= 4 is 6.03 Å². The van der Waals surface area contributed by atoms with Crippen molar-refractivity contribution < 1.29 is 9.53 Å². The van der Waals surface area contributed by atoms with Gasteiger partial charge in [-0.05, 0) is 36.5 Å². The van der Waals surface area contributed by atoms with Crippen LogP contribution in [0.4, 0.5) is 4.79 Å². The normalized spacial score (nSPS) is 16.6. The molecule has 0 saturated heterocycles. The predicted molar refractivity (Wildman–Crippen MR) is 95.1 cm³/mol. The van der Waals surface area contributed by atoms with E-state index in [0.717, 1.165) is 30.6 Å². The first-order chi connectivity index (χ1) is 11.8. The summed E-state index contributed by atoms with van der Waals surface area (Å²) in [7, 11) is 1.64. The summed E-state index contributed by atoms with van der Waals surface area (Å²) < 4.78 is 5.32. The minimum atomic E-state index is -0.136. The maximum Gasteiger partial charge on any atom is 0.315 e. The van der Waals surface area contributed by atoms with Gasteiger partial charge in [-0.2, -0.15) is 0 Å². The maximum atomic E-state index is 12.3. The molecule has 0 aromatic heterocycles. The van der Waals surface area contributed by atoms with Crippen molar-refractivity contribution in [3.8, 4) is 5.75 Å². The highest BCUT2D eigenvalue weighted by atomic mass is 16.5. The number of rotatable bonds is 4. The van der Waals surface area contributed by atoms with Crippen molar-refractivity contribution in [3.63, 3.8) is 0 Å². The summed E-state index contributed by atoms with van der Waals surface area (Å²) >= 11 is 0. The molecule has 126 valence electrons. The quantitative estimate of drug-likeness (QED) is 0.836. The van der Waals surface area contributed by atoms with Crippen LogP contribution in [0.3, 0.4) is 0 Å². The van der Waals surface area contributed by atoms with Gasteiger partial charge in [-0.25, -0.2) is 4.79 Å². The van der Waals surface area contributed by atoms with Crippen LogP contribution < -0.4 is 15.4 Å². The van der Waals surface area contributed by atoms with Gasteiger partial charge in [0.15, 0.2) is 0 Å². The van der Waals surface area contributed by atoms with Gasteiger partial charge in [0.2, 0.25) is 0 Å². The van der Waals surface area contributed by atoms with Crippen LogP contribution in [-0.2, 0) is 13.0 Å². The molecule has 0 radical (unpaired) electrons. The van der Waals surface area contributed by atoms with E-state index in [9.17, 15) is 4.79 Å². The number of aryl methyl sites for hydroxylation is 1. The lowest BCUT2D eigenvalue weighted by Gasteiger charge is -2.20. The zero-order valence-corrected chi connectivity index (χ0v) is 14.0. The Morgan fingerprint density at radius 1 is 1.12 bits per heavy atom. The van der Waals surface area contributed by atoms with E-state index in [1.165, 1.54) is 17.5 Å². The molecule has 0 fully saturated rings. The number of carbonyl (C=O) groups is 1. The van der Waals surface area contributed by atoms with E-state index < -0.39 is 0 Å². The van der Waals surface area contributed by atoms with Crippen LogP contribution in [0, 0.1) is 0 Å². The van der Waals surface area contributed by atoms with Crippen molar-refractivity contribution in [1.29, 1.82) is 0 Å². The fourth-order valence-corrected chi connectivity index (χ4v) is 3.30. The average molecular weight is 324 g/mol. The van der Waals surface area contributed by atoms with Gasteiger partial charge in [-0.15, -0.1) is 0 Å². The second kappa shape index (κ2) is 7.86. The van der Waals surface area contributed by atoms with Gasteiger partial charge in [0.1, 0.15) is 5.75 Å². The van der Waals surface area contributed by atoms with Crippen molar-refractivity contribution in [1.82, 2.24) is 10.6 Å². The lowest BCUT2D eigenvalue weighted by Crippen LogP contribution is -2.37. The lowest BCUT2D eigenvalue weighted by molar-refractivity contribution is 0.235. The van der Waals surface area contributed by atoms with E-state index in [0.29, 0.717) is 6.54 Å². The molecule has 24 heavy (non-hydrogen) atoms. The topological polar surface area (TPSA) is 50.4 Å². The number of fused-ring (bicyclic) bond motifs is 1. The van der Waals surface area contributed by atoms with Gasteiger partial charge >= 0.3 is 6.03 Å². The van der Waals surface area contributed by atoms with E-state index in [2.05, 4.69) is 28.8 Å². The average Bonchev–Trinajstić information content (AvgIpc) is 2.83. The number of para-hydroxylation sites is 1. The molecule has 4 nitrogen and oxygen atoms in total. The largest absolute Gasteiger partial charge is 0.496 e. The van der Waals surface area contributed by atoms with Crippen LogP contribution in [0.5, 0.6) is 5.75 Å². The fourth-order valence-electron chi connectivity index (χ4n) is 3.30. The van der Waals surface area contributed by atoms with E-state index in [1.807, 2.05) is 30.3 Å². The minimum Gasteiger partial charge on any atom is -0.496 e. The Morgan fingerprint density at radius 3 is 2.79 bits per heavy atom. The standard InChI is InChI=1S/C20H24N2O2/c1-24-19-13-7-4-10-16(19)14-21-20(23)22-18-12-6-3-9-15-8-2-5-11-17(15)18/h2,4-5,7-8,10-11,13,18H,3,6,9,12,14H2,1H3,(H2,21,22,23). The number of ether oxygens (including phenoxy) is 1. The molecular formula is C20H24N2O2. The molecular weight excluding hydrogens is 300 g/mol. The SMILES string of the molecule is COc1ccccc1CNC(=O)NC1CCCCc2ccccc21. The molecule has 2 N–H and O–H groups in total. The van der Waals surface area contributed by atoms with E-state index >= 15 is 0 Å². The number of hydrogen-bond acceptors (Lipinski definition) is 2. The zero-order valence-electron chi connectivity index (χ0n) is 14.0. The number of urea groups is 1. The number of carbonyl (C=O) groups excluding carboxylic acids is 1. The smallest absolute Gasteiger partial charge is 0.315 e. The van der Waals surface area contributed by atoms with Crippen LogP contribution in [-0.4, -0.2) is 13.1 Å². The molecule has 4 heteroatoms. The van der Waals surface area contributed by atoms with Crippen molar-refractivity contribution in [2.75, 3.05) is 7.11 Å². The Hall–Kier alpha value is -2.49. The third-order valence-electron chi connectivity index (χ3n) is 4.56. The highest BCUT2D eigenvalue weighted by molar-refractivity contribution is 5.74. The molecule has 1 aliphatic rings. The summed E-state index contributed by atoms with van der Waals surface area (Å²) in [6.07, 6.45) is 4.39. The molecule has 2 amide bonds. The number of methoxy groups -OCH3 is 1. The Balaban J connectivity index is 1.63. The molecule has 2 aromatic carbocycles. The monoisotopic (exact) mass is 324 g/mol. The third kappa shape index (κ3) is 3.88. The molecule has 2 aromatic rings. The first-order valence-electron chi connectivity index (χ1n) is 8.52. The first kappa shape index (κ1) is 16.4. The molecule has 0 heterocycles. The fraction of sp³-hybridized carbons (Fsp3) is 0.350. The summed E-state index contributed by atoms with van der Waals surface area (Å²) in [5.74, 6) is 0.789. The Morgan fingerprint density at radius 2 is 1.92 bits per heavy atom. The Bertz CT molecular complexity index is 700. The molecule has 1 aliphatic carbocycles. The number of hydrogen-bond donors (Lipinski definition) is 2. The van der Waals surface area contributed by atoms with Gasteiger partial charge in [0.05, 0.1) is 13.2 Å². The third-order valence-corrected chi connectivity index (χ3v) is 4.56. The van der Waals surface area contributed by atoms with Gasteiger partial charge in [0, 0.05) is 12.1 Å². The molecule has 3 rings (SSSR count). The molecule has 1 atom stereocenters. The highest BCUT2D eigenvalue weighted by Gasteiger charge is 2.20. The minimum absolute atomic E-state index is 0.0846.